The number of benzene rings is 1. The van der Waals surface area contributed by atoms with Gasteiger partial charge in [-0.1, -0.05) is 35.9 Å². The molecule has 0 saturated heterocycles. The Hall–Kier alpha value is 2.30. The number of rotatable bonds is 2. The minimum absolute atomic E-state index is 0. The predicted octanol–water partition coefficient (Wildman–Crippen LogP) is -6.35. The van der Waals surface area contributed by atoms with Gasteiger partial charge in [0.1, 0.15) is 0 Å². The molecular weight excluding hydrogens is 295 g/mol. The van der Waals surface area contributed by atoms with E-state index in [9.17, 15) is 9.13 Å². The van der Waals surface area contributed by atoms with E-state index < -0.39 is 16.5 Å². The quantitative estimate of drug-likeness (QED) is 0.419. The van der Waals surface area contributed by atoms with Crippen molar-refractivity contribution >= 4 is 16.5 Å². The maximum Gasteiger partial charge on any atom is 1.00 e. The number of hydrogen-bond acceptors (Lipinski definition) is 3. The van der Waals surface area contributed by atoms with Crippen LogP contribution in [0.2, 0.25) is 0 Å². The fourth-order valence-electron chi connectivity index (χ4n) is 0.594. The van der Waals surface area contributed by atoms with Gasteiger partial charge in [0, 0.05) is 9.13 Å². The van der Waals surface area contributed by atoms with Gasteiger partial charge in [-0.05, 0) is 6.92 Å². The summed E-state index contributed by atoms with van der Waals surface area (Å²) in [6.07, 6.45) is 0. The summed E-state index contributed by atoms with van der Waals surface area (Å²) in [5, 5.41) is 0. The van der Waals surface area contributed by atoms with E-state index in [1.807, 2.05) is 18.2 Å². The monoisotopic (exact) mass is 308 g/mol. The van der Waals surface area contributed by atoms with Crippen LogP contribution in [0.15, 0.2) is 30.3 Å². The molecule has 0 bridgehead atoms. The zero-order chi connectivity index (χ0) is 11.0. The zero-order valence-electron chi connectivity index (χ0n) is 13.4. The first-order valence-electron chi connectivity index (χ1n) is 3.54. The third-order valence-corrected chi connectivity index (χ3v) is 2.20. The maximum absolute atomic E-state index is 9.39. The Kier molecular flexibility index (Phi) is 29.7. The van der Waals surface area contributed by atoms with Crippen molar-refractivity contribution in [1.29, 1.82) is 0 Å². The first-order valence-corrected chi connectivity index (χ1v) is 5.80. The van der Waals surface area contributed by atoms with Crippen LogP contribution in [0.1, 0.15) is 9.84 Å². The van der Waals surface area contributed by atoms with Gasteiger partial charge < -0.3 is 4.28 Å². The third kappa shape index (κ3) is 23.8. The summed E-state index contributed by atoms with van der Waals surface area (Å²) in [5.74, 6) is 0. The van der Waals surface area contributed by atoms with E-state index in [-0.39, 0.29) is 93.0 Å². The molecule has 1 aromatic rings. The molecule has 5 nitrogen and oxygen atoms in total. The molecule has 2 unspecified atom stereocenters. The van der Waals surface area contributed by atoms with Crippen LogP contribution in [0.3, 0.4) is 0 Å². The van der Waals surface area contributed by atoms with Crippen LogP contribution in [-0.4, -0.2) is 9.79 Å². The molecule has 10 heteroatoms. The molecule has 0 saturated carbocycles. The van der Waals surface area contributed by atoms with Gasteiger partial charge in [0.25, 0.3) is 0 Å². The van der Waals surface area contributed by atoms with Crippen molar-refractivity contribution in [2.45, 2.75) is 6.92 Å². The van der Waals surface area contributed by atoms with Gasteiger partial charge in [-0.15, -0.1) is 9.79 Å². The molecule has 0 radical (unpaired) electrons. The number of aryl methyl sites for hydroxylation is 1. The topological polar surface area (TPSA) is 83.8 Å². The fourth-order valence-corrected chi connectivity index (χ4v) is 1.07. The maximum atomic E-state index is 9.39. The van der Waals surface area contributed by atoms with Crippen LogP contribution < -0.4 is 88.7 Å². The molecule has 0 aromatic heterocycles. The summed E-state index contributed by atoms with van der Waals surface area (Å²) < 4.78 is 22.2. The van der Waals surface area contributed by atoms with Crippen molar-refractivity contribution in [3.05, 3.63) is 35.9 Å². The molecular formula is C7H13Na3O5P2+2. The standard InChI is InChI=1S/C7H8.3Na.O5P2.3H/c1-7-5-3-2-4-6-7;;;;1-6(2)5-7(3)4;;;/h2-6H,1H3;;;;;;;/q;3*+1;;3*-1/p+2. The van der Waals surface area contributed by atoms with E-state index in [1.54, 1.807) is 0 Å². The Labute approximate surface area is 173 Å². The Morgan fingerprint density at radius 3 is 1.47 bits per heavy atom. The Morgan fingerprint density at radius 2 is 1.35 bits per heavy atom. The van der Waals surface area contributed by atoms with Crippen LogP contribution in [0, 0.1) is 6.92 Å². The van der Waals surface area contributed by atoms with Crippen LogP contribution in [0.4, 0.5) is 0 Å². The zero-order valence-corrected chi connectivity index (χ0v) is 18.2. The van der Waals surface area contributed by atoms with Crippen molar-refractivity contribution in [1.82, 2.24) is 0 Å². The van der Waals surface area contributed by atoms with Gasteiger partial charge in [-0.3, -0.25) is 0 Å². The first-order chi connectivity index (χ1) is 6.52. The van der Waals surface area contributed by atoms with Gasteiger partial charge >= 0.3 is 105 Å². The van der Waals surface area contributed by atoms with E-state index in [4.69, 9.17) is 9.79 Å². The molecule has 0 aliphatic carbocycles. The Bertz CT molecular complexity index is 312. The van der Waals surface area contributed by atoms with E-state index in [2.05, 4.69) is 23.4 Å². The molecule has 0 fully saturated rings. The second kappa shape index (κ2) is 18.3. The minimum Gasteiger partial charge on any atom is -1.00 e. The van der Waals surface area contributed by atoms with Gasteiger partial charge in [0.15, 0.2) is 4.31 Å². The summed E-state index contributed by atoms with van der Waals surface area (Å²) >= 11 is 0. The van der Waals surface area contributed by atoms with Crippen LogP contribution in [0.5, 0.6) is 0 Å². The van der Waals surface area contributed by atoms with Gasteiger partial charge in [-0.2, -0.15) is 0 Å². The third-order valence-electron chi connectivity index (χ3n) is 1.08. The molecule has 0 heterocycles. The second-order valence-electron chi connectivity index (χ2n) is 2.21. The van der Waals surface area contributed by atoms with Gasteiger partial charge in [-0.25, -0.2) is 0 Å². The molecule has 2 atom stereocenters. The average molecular weight is 308 g/mol. The normalized spacial score (nSPS) is 9.12. The summed E-state index contributed by atoms with van der Waals surface area (Å²) in [6.45, 7) is 2.08. The van der Waals surface area contributed by atoms with E-state index in [0.717, 1.165) is 0 Å². The molecule has 82 valence electrons. The smallest absolute Gasteiger partial charge is 1.00 e. The predicted molar refractivity (Wildman–Crippen MR) is 55.3 cm³/mol. The summed E-state index contributed by atoms with van der Waals surface area (Å²) in [7, 11) is -5.85. The van der Waals surface area contributed by atoms with Gasteiger partial charge in [0.05, 0.1) is 0 Å². The Morgan fingerprint density at radius 1 is 1.00 bits per heavy atom. The van der Waals surface area contributed by atoms with Crippen LogP contribution in [0.25, 0.3) is 0 Å². The van der Waals surface area contributed by atoms with Crippen molar-refractivity contribution < 1.29 is 116 Å². The van der Waals surface area contributed by atoms with E-state index in [0.29, 0.717) is 0 Å². The fraction of sp³-hybridized carbons (Fsp3) is 0.143. The summed E-state index contributed by atoms with van der Waals surface area (Å²) in [6, 6.07) is 10.3. The van der Waals surface area contributed by atoms with Crippen molar-refractivity contribution in [3.8, 4) is 0 Å². The largest absolute Gasteiger partial charge is 1.00 e. The molecule has 0 spiro atoms. The molecule has 0 aliphatic rings. The van der Waals surface area contributed by atoms with E-state index in [1.165, 1.54) is 5.56 Å². The van der Waals surface area contributed by atoms with Crippen LogP contribution >= 0.6 is 16.5 Å². The molecule has 1 aromatic carbocycles. The number of hydrogen-bond donors (Lipinski definition) is 2. The summed E-state index contributed by atoms with van der Waals surface area (Å²) in [5.41, 5.74) is 1.32. The first kappa shape index (κ1) is 27.6. The van der Waals surface area contributed by atoms with E-state index >= 15 is 0 Å². The molecule has 2 N–H and O–H groups in total. The Balaban J connectivity index is -0.0000000260. The van der Waals surface area contributed by atoms with Gasteiger partial charge in [0.2, 0.25) is 0 Å². The molecule has 17 heavy (non-hydrogen) atoms. The summed E-state index contributed by atoms with van der Waals surface area (Å²) in [4.78, 5) is 15.3. The van der Waals surface area contributed by atoms with Crippen molar-refractivity contribution in [2.24, 2.45) is 0 Å². The minimum atomic E-state index is -2.92. The SMILES string of the molecule is Cc1ccccc1.O=[P+](O)O[P+](=O)O.[H-].[H-].[H-].[Na+].[Na+].[Na+]. The molecule has 0 amide bonds. The molecule has 1 rings (SSSR count). The van der Waals surface area contributed by atoms with Crippen LogP contribution in [-0.2, 0) is 13.4 Å². The average Bonchev–Trinajstić information content (AvgIpc) is 2.03. The molecule has 0 aliphatic heterocycles. The van der Waals surface area contributed by atoms with Crippen molar-refractivity contribution in [2.75, 3.05) is 0 Å². The second-order valence-corrected chi connectivity index (χ2v) is 3.82. The van der Waals surface area contributed by atoms with Crippen molar-refractivity contribution in [3.63, 3.8) is 0 Å².